The molecule has 4 rings (SSSR count). The fraction of sp³-hybridized carbons (Fsp3) is 0.125. The van der Waals surface area contributed by atoms with Crippen LogP contribution in [0.3, 0.4) is 0 Å². The highest BCUT2D eigenvalue weighted by atomic mass is 35.5. The molecule has 4 aromatic rings. The molecule has 1 heterocycles. The van der Waals surface area contributed by atoms with Gasteiger partial charge in [-0.05, 0) is 29.7 Å². The molecule has 168 valence electrons. The van der Waals surface area contributed by atoms with Gasteiger partial charge in [0.15, 0.2) is 11.0 Å². The largest absolute Gasteiger partial charge is 0.484 e. The zero-order valence-electron chi connectivity index (χ0n) is 17.5. The lowest BCUT2D eigenvalue weighted by atomic mass is 10.1. The molecule has 1 aromatic heterocycles. The number of thioether (sulfide) groups is 1. The smallest absolute Gasteiger partial charge is 0.234 e. The first kappa shape index (κ1) is 23.2. The van der Waals surface area contributed by atoms with Gasteiger partial charge >= 0.3 is 0 Å². The molecule has 1 amide bonds. The van der Waals surface area contributed by atoms with Crippen LogP contribution in [0.4, 0.5) is 5.69 Å². The van der Waals surface area contributed by atoms with Crippen LogP contribution >= 0.6 is 35.0 Å². The Kier molecular flexibility index (Phi) is 7.54. The number of rotatable bonds is 9. The highest BCUT2D eigenvalue weighted by molar-refractivity contribution is 7.99. The van der Waals surface area contributed by atoms with Crippen LogP contribution in [0.1, 0.15) is 5.82 Å². The third-order valence-corrected chi connectivity index (χ3v) is 6.25. The second-order valence-electron chi connectivity index (χ2n) is 7.03. The van der Waals surface area contributed by atoms with Gasteiger partial charge in [0.2, 0.25) is 5.91 Å². The predicted molar refractivity (Wildman–Crippen MR) is 134 cm³/mol. The first-order valence-electron chi connectivity index (χ1n) is 10.1. The SMILES string of the molecule is C=CCn1c(COc2ccc(Cl)cc2Cl)nnc1SCC(=O)Nc1cccc2ccccc12. The van der Waals surface area contributed by atoms with Crippen LogP contribution in [-0.2, 0) is 17.9 Å². The third kappa shape index (κ3) is 5.68. The first-order chi connectivity index (χ1) is 16.0. The molecular weight excluding hydrogens is 479 g/mol. The Hall–Kier alpha value is -3.00. The highest BCUT2D eigenvalue weighted by Crippen LogP contribution is 2.28. The van der Waals surface area contributed by atoms with E-state index in [2.05, 4.69) is 22.1 Å². The standard InChI is InChI=1S/C24H20Cl2N4O2S/c1-2-12-30-22(14-32-21-11-10-17(25)13-19(21)26)28-29-24(30)33-15-23(31)27-20-9-5-7-16-6-3-4-8-18(16)20/h2-11,13H,1,12,14-15H2,(H,27,31). The number of ether oxygens (including phenoxy) is 1. The van der Waals surface area contributed by atoms with Crippen molar-refractivity contribution in [3.63, 3.8) is 0 Å². The number of nitrogens with zero attached hydrogens (tertiary/aromatic N) is 3. The number of halogens is 2. The van der Waals surface area contributed by atoms with E-state index in [0.717, 1.165) is 16.5 Å². The van der Waals surface area contributed by atoms with E-state index in [0.29, 0.717) is 33.3 Å². The summed E-state index contributed by atoms with van der Waals surface area (Å²) in [5, 5.41) is 15.0. The molecule has 0 fully saturated rings. The third-order valence-electron chi connectivity index (χ3n) is 4.75. The lowest BCUT2D eigenvalue weighted by Crippen LogP contribution is -2.15. The highest BCUT2D eigenvalue weighted by Gasteiger charge is 2.15. The Morgan fingerprint density at radius 3 is 2.76 bits per heavy atom. The van der Waals surface area contributed by atoms with Crippen molar-refractivity contribution in [1.82, 2.24) is 14.8 Å². The Labute approximate surface area is 205 Å². The maximum atomic E-state index is 12.6. The molecule has 0 bridgehead atoms. The van der Waals surface area contributed by atoms with Crippen LogP contribution in [0.2, 0.25) is 10.0 Å². The number of benzene rings is 3. The molecule has 0 saturated heterocycles. The summed E-state index contributed by atoms with van der Waals surface area (Å²) in [6, 6.07) is 18.8. The van der Waals surface area contributed by atoms with E-state index in [1.54, 1.807) is 24.3 Å². The van der Waals surface area contributed by atoms with Gasteiger partial charge in [0.1, 0.15) is 12.4 Å². The number of allylic oxidation sites excluding steroid dienone is 1. The fourth-order valence-corrected chi connectivity index (χ4v) is 4.46. The summed E-state index contributed by atoms with van der Waals surface area (Å²) in [5.41, 5.74) is 0.778. The molecule has 6 nitrogen and oxygen atoms in total. The Bertz CT molecular complexity index is 1300. The average Bonchev–Trinajstić information content (AvgIpc) is 3.19. The molecule has 33 heavy (non-hydrogen) atoms. The van der Waals surface area contributed by atoms with Gasteiger partial charge in [0.25, 0.3) is 0 Å². The summed E-state index contributed by atoms with van der Waals surface area (Å²) in [6.45, 7) is 4.44. The van der Waals surface area contributed by atoms with Crippen molar-refractivity contribution >= 4 is 57.3 Å². The summed E-state index contributed by atoms with van der Waals surface area (Å²) in [4.78, 5) is 12.6. The molecule has 0 aliphatic carbocycles. The lowest BCUT2D eigenvalue weighted by Gasteiger charge is -2.11. The van der Waals surface area contributed by atoms with Gasteiger partial charge in [-0.3, -0.25) is 9.36 Å². The minimum absolute atomic E-state index is 0.129. The molecule has 0 aliphatic rings. The molecule has 0 saturated carbocycles. The topological polar surface area (TPSA) is 69.0 Å². The zero-order chi connectivity index (χ0) is 23.2. The van der Waals surface area contributed by atoms with Gasteiger partial charge in [-0.25, -0.2) is 0 Å². The molecule has 1 N–H and O–H groups in total. The Morgan fingerprint density at radius 2 is 1.94 bits per heavy atom. The molecule has 0 radical (unpaired) electrons. The van der Waals surface area contributed by atoms with E-state index < -0.39 is 0 Å². The van der Waals surface area contributed by atoms with Crippen molar-refractivity contribution in [2.75, 3.05) is 11.1 Å². The summed E-state index contributed by atoms with van der Waals surface area (Å²) in [7, 11) is 0. The molecule has 0 unspecified atom stereocenters. The number of hydrogen-bond donors (Lipinski definition) is 1. The van der Waals surface area contributed by atoms with E-state index in [4.69, 9.17) is 27.9 Å². The van der Waals surface area contributed by atoms with Gasteiger partial charge < -0.3 is 10.1 Å². The number of aromatic nitrogens is 3. The van der Waals surface area contributed by atoms with Crippen LogP contribution in [0, 0.1) is 0 Å². The average molecular weight is 499 g/mol. The van der Waals surface area contributed by atoms with Gasteiger partial charge in [-0.1, -0.05) is 77.4 Å². The van der Waals surface area contributed by atoms with E-state index >= 15 is 0 Å². The number of nitrogens with one attached hydrogen (secondary N) is 1. The molecule has 0 aliphatic heterocycles. The maximum Gasteiger partial charge on any atom is 0.234 e. The van der Waals surface area contributed by atoms with Crippen molar-refractivity contribution in [2.45, 2.75) is 18.3 Å². The van der Waals surface area contributed by atoms with Crippen molar-refractivity contribution in [3.05, 3.63) is 89.2 Å². The summed E-state index contributed by atoms with van der Waals surface area (Å²) >= 11 is 13.4. The minimum Gasteiger partial charge on any atom is -0.484 e. The number of fused-ring (bicyclic) bond motifs is 1. The van der Waals surface area contributed by atoms with E-state index in [9.17, 15) is 4.79 Å². The first-order valence-corrected chi connectivity index (χ1v) is 11.8. The second-order valence-corrected chi connectivity index (χ2v) is 8.81. The number of amides is 1. The number of anilines is 1. The van der Waals surface area contributed by atoms with Crippen LogP contribution in [0.15, 0.2) is 78.5 Å². The van der Waals surface area contributed by atoms with E-state index in [1.807, 2.05) is 47.0 Å². The Morgan fingerprint density at radius 1 is 1.12 bits per heavy atom. The number of carbonyl (C=O) groups excluding carboxylic acids is 1. The normalized spacial score (nSPS) is 10.8. The summed E-state index contributed by atoms with van der Waals surface area (Å²) < 4.78 is 7.64. The van der Waals surface area contributed by atoms with Gasteiger partial charge in [-0.15, -0.1) is 16.8 Å². The van der Waals surface area contributed by atoms with E-state index in [1.165, 1.54) is 11.8 Å². The predicted octanol–water partition coefficient (Wildman–Crippen LogP) is 6.23. The van der Waals surface area contributed by atoms with Gasteiger partial charge in [0.05, 0.1) is 10.8 Å². The minimum atomic E-state index is -0.129. The van der Waals surface area contributed by atoms with E-state index in [-0.39, 0.29) is 18.3 Å². The summed E-state index contributed by atoms with van der Waals surface area (Å²) in [6.07, 6.45) is 1.74. The monoisotopic (exact) mass is 498 g/mol. The molecule has 0 atom stereocenters. The molecular formula is C24H20Cl2N4O2S. The quantitative estimate of drug-likeness (QED) is 0.218. The number of hydrogen-bond acceptors (Lipinski definition) is 5. The molecule has 0 spiro atoms. The van der Waals surface area contributed by atoms with Gasteiger partial charge in [-0.2, -0.15) is 0 Å². The lowest BCUT2D eigenvalue weighted by molar-refractivity contribution is -0.113. The Balaban J connectivity index is 1.41. The van der Waals surface area contributed by atoms with Crippen molar-refractivity contribution in [3.8, 4) is 5.75 Å². The van der Waals surface area contributed by atoms with Crippen molar-refractivity contribution in [2.24, 2.45) is 0 Å². The number of carbonyl (C=O) groups is 1. The van der Waals surface area contributed by atoms with Crippen LogP contribution in [0.25, 0.3) is 10.8 Å². The maximum absolute atomic E-state index is 12.6. The van der Waals surface area contributed by atoms with Crippen LogP contribution in [0.5, 0.6) is 5.75 Å². The fourth-order valence-electron chi connectivity index (χ4n) is 3.23. The van der Waals surface area contributed by atoms with Crippen molar-refractivity contribution in [1.29, 1.82) is 0 Å². The van der Waals surface area contributed by atoms with Gasteiger partial charge in [0, 0.05) is 22.6 Å². The van der Waals surface area contributed by atoms with Crippen molar-refractivity contribution < 1.29 is 9.53 Å². The molecule has 3 aromatic carbocycles. The zero-order valence-corrected chi connectivity index (χ0v) is 19.8. The second kappa shape index (κ2) is 10.7. The van der Waals surface area contributed by atoms with Crippen LogP contribution in [-0.4, -0.2) is 26.4 Å². The molecule has 9 heteroatoms. The van der Waals surface area contributed by atoms with Crippen LogP contribution < -0.4 is 10.1 Å². The summed E-state index contributed by atoms with van der Waals surface area (Å²) in [5.74, 6) is 1.15.